The lowest BCUT2D eigenvalue weighted by molar-refractivity contribution is -0.385. The average Bonchev–Trinajstić information content (AvgIpc) is 3.45. The number of alkyl carbamates (subject to hydrolysis) is 1. The highest BCUT2D eigenvalue weighted by molar-refractivity contribution is 6.36. The number of carbonyl (C=O) groups is 3. The molecule has 1 amide bonds. The summed E-state index contributed by atoms with van der Waals surface area (Å²) in [4.78, 5) is 52.2. The summed E-state index contributed by atoms with van der Waals surface area (Å²) >= 11 is 0. The van der Waals surface area contributed by atoms with Crippen molar-refractivity contribution in [2.24, 2.45) is 4.99 Å². The van der Waals surface area contributed by atoms with Crippen molar-refractivity contribution < 1.29 is 34.3 Å². The summed E-state index contributed by atoms with van der Waals surface area (Å²) in [5.74, 6) is -2.37. The molecule has 0 radical (unpaired) electrons. The molecule has 0 fully saturated rings. The van der Waals surface area contributed by atoms with Crippen LogP contribution in [0.5, 0.6) is 0 Å². The number of carbonyl (C=O) groups excluding carboxylic acids is 2. The van der Waals surface area contributed by atoms with Crippen LogP contribution in [0.1, 0.15) is 59.2 Å². The van der Waals surface area contributed by atoms with Gasteiger partial charge in [0, 0.05) is 29.8 Å². The van der Waals surface area contributed by atoms with Crippen molar-refractivity contribution in [3.05, 3.63) is 105 Å². The van der Waals surface area contributed by atoms with Crippen LogP contribution in [0.2, 0.25) is 0 Å². The molecule has 11 heteroatoms. The molecule has 3 aromatic carbocycles. The van der Waals surface area contributed by atoms with E-state index in [1.807, 2.05) is 48.5 Å². The molecule has 3 N–H and O–H groups in total. The van der Waals surface area contributed by atoms with Gasteiger partial charge in [-0.2, -0.15) is 0 Å². The number of carboxylic acid groups (broad SMARTS) is 1. The Hall–Kier alpha value is -5.32. The number of nitrogens with zero attached hydrogens (tertiary/aromatic N) is 2. The van der Waals surface area contributed by atoms with Gasteiger partial charge in [-0.25, -0.2) is 9.59 Å². The van der Waals surface area contributed by atoms with Crippen LogP contribution in [-0.2, 0) is 9.53 Å². The van der Waals surface area contributed by atoms with E-state index in [1.54, 1.807) is 0 Å². The summed E-state index contributed by atoms with van der Waals surface area (Å²) in [5, 5.41) is 34.0. The number of hydrogen-bond acceptors (Lipinski definition) is 8. The summed E-state index contributed by atoms with van der Waals surface area (Å²) in [7, 11) is 0. The first-order valence-corrected chi connectivity index (χ1v) is 13.8. The average molecular weight is 584 g/mol. The third kappa shape index (κ3) is 5.74. The number of aliphatic imine (C=N–C) groups is 1. The number of aliphatic hydroxyl groups excluding tert-OH is 1. The maximum absolute atomic E-state index is 12.9. The van der Waals surface area contributed by atoms with E-state index >= 15 is 0 Å². The van der Waals surface area contributed by atoms with Gasteiger partial charge < -0.3 is 20.3 Å². The SMILES string of the molecule is CC(=NCCCCC(NC(=O)OCC1c2ccccc2-c2ccccc21)C(=O)O)C1=C(O)c2cccc([N+](=O)[O-])c2C1=O. The highest BCUT2D eigenvalue weighted by Gasteiger charge is 2.37. The summed E-state index contributed by atoms with van der Waals surface area (Å²) < 4.78 is 5.47. The van der Waals surface area contributed by atoms with E-state index in [2.05, 4.69) is 10.3 Å². The molecule has 3 aromatic rings. The number of hydrogen-bond donors (Lipinski definition) is 3. The summed E-state index contributed by atoms with van der Waals surface area (Å²) in [6.45, 7) is 1.81. The molecule has 0 saturated carbocycles. The Kier molecular flexibility index (Phi) is 8.33. The van der Waals surface area contributed by atoms with Gasteiger partial charge in [-0.15, -0.1) is 0 Å². The number of carboxylic acids is 1. The Morgan fingerprint density at radius 3 is 2.26 bits per heavy atom. The molecule has 2 aliphatic carbocycles. The number of ketones is 1. The molecule has 1 atom stereocenters. The lowest BCUT2D eigenvalue weighted by Crippen LogP contribution is -2.41. The van der Waals surface area contributed by atoms with E-state index in [0.29, 0.717) is 12.8 Å². The zero-order valence-electron chi connectivity index (χ0n) is 23.3. The fourth-order valence-electron chi connectivity index (χ4n) is 5.66. The predicted octanol–water partition coefficient (Wildman–Crippen LogP) is 5.68. The Morgan fingerprint density at radius 1 is 1.00 bits per heavy atom. The first-order valence-electron chi connectivity index (χ1n) is 13.8. The third-order valence-electron chi connectivity index (χ3n) is 7.73. The minimum Gasteiger partial charge on any atom is -0.506 e. The molecule has 1 unspecified atom stereocenters. The van der Waals surface area contributed by atoms with E-state index in [0.717, 1.165) is 22.3 Å². The highest BCUT2D eigenvalue weighted by atomic mass is 16.6. The minimum absolute atomic E-state index is 0.0641. The monoisotopic (exact) mass is 583 g/mol. The second kappa shape index (κ2) is 12.3. The van der Waals surface area contributed by atoms with Crippen molar-refractivity contribution in [1.82, 2.24) is 5.32 Å². The number of nitrogens with one attached hydrogen (secondary N) is 1. The first-order chi connectivity index (χ1) is 20.7. The molecule has 0 aliphatic heterocycles. The number of Topliss-reactive ketones (excluding diaryl/α,β-unsaturated/α-hetero) is 1. The Labute approximate surface area is 246 Å². The molecule has 0 heterocycles. The molecule has 0 saturated heterocycles. The van der Waals surface area contributed by atoms with E-state index in [-0.39, 0.29) is 59.3 Å². The van der Waals surface area contributed by atoms with E-state index in [1.165, 1.54) is 25.1 Å². The highest BCUT2D eigenvalue weighted by Crippen LogP contribution is 2.44. The topological polar surface area (TPSA) is 168 Å². The fourth-order valence-corrected chi connectivity index (χ4v) is 5.66. The quantitative estimate of drug-likeness (QED) is 0.112. The summed E-state index contributed by atoms with van der Waals surface area (Å²) in [6, 6.07) is 18.7. The Morgan fingerprint density at radius 2 is 1.63 bits per heavy atom. The van der Waals surface area contributed by atoms with Gasteiger partial charge in [-0.3, -0.25) is 19.9 Å². The standard InChI is InChI=1S/C32H29N3O8/c1-18(27-29(36)23-13-8-15-26(35(41)42)28(23)30(27)37)33-16-7-6-14-25(31(38)39)34-32(40)43-17-24-21-11-4-2-9-19(21)20-10-3-5-12-22(20)24/h2-5,8-13,15,24-25,36H,6-7,14,16-17H2,1H3,(H,34,40)(H,38,39). The minimum atomic E-state index is -1.20. The van der Waals surface area contributed by atoms with Crippen molar-refractivity contribution >= 4 is 35.0 Å². The zero-order valence-corrected chi connectivity index (χ0v) is 23.3. The second-order valence-electron chi connectivity index (χ2n) is 10.3. The molecular formula is C32H29N3O8. The Bertz CT molecular complexity index is 1650. The molecule has 5 rings (SSSR count). The molecule has 0 spiro atoms. The molecule has 43 heavy (non-hydrogen) atoms. The van der Waals surface area contributed by atoms with Crippen molar-refractivity contribution in [3.8, 4) is 11.1 Å². The lowest BCUT2D eigenvalue weighted by Gasteiger charge is -2.17. The fraction of sp³-hybridized carbons (Fsp3) is 0.250. The lowest BCUT2D eigenvalue weighted by atomic mass is 9.98. The molecular weight excluding hydrogens is 554 g/mol. The van der Waals surface area contributed by atoms with E-state index in [9.17, 15) is 34.7 Å². The number of benzene rings is 3. The number of ether oxygens (including phenoxy) is 1. The van der Waals surface area contributed by atoms with Crippen molar-refractivity contribution in [1.29, 1.82) is 0 Å². The van der Waals surface area contributed by atoms with Crippen LogP contribution < -0.4 is 5.32 Å². The van der Waals surface area contributed by atoms with Gasteiger partial charge in [-0.1, -0.05) is 54.6 Å². The summed E-state index contributed by atoms with van der Waals surface area (Å²) in [6.07, 6.45) is 0.127. The number of rotatable bonds is 11. The first kappa shape index (κ1) is 29.2. The molecule has 2 aliphatic rings. The number of nitro benzene ring substituents is 1. The van der Waals surface area contributed by atoms with E-state index < -0.39 is 28.8 Å². The van der Waals surface area contributed by atoms with Gasteiger partial charge in [0.25, 0.3) is 5.69 Å². The third-order valence-corrected chi connectivity index (χ3v) is 7.73. The van der Waals surface area contributed by atoms with Gasteiger partial charge in [0.05, 0.1) is 10.5 Å². The maximum Gasteiger partial charge on any atom is 0.407 e. The van der Waals surface area contributed by atoms with Crippen LogP contribution in [0, 0.1) is 10.1 Å². The number of allylic oxidation sites excluding steroid dienone is 1. The van der Waals surface area contributed by atoms with Gasteiger partial charge >= 0.3 is 12.1 Å². The molecule has 0 bridgehead atoms. The normalized spacial score (nSPS) is 14.6. The zero-order chi connectivity index (χ0) is 30.7. The largest absolute Gasteiger partial charge is 0.506 e. The van der Waals surface area contributed by atoms with Crippen LogP contribution in [0.4, 0.5) is 10.5 Å². The van der Waals surface area contributed by atoms with Gasteiger partial charge in [0.1, 0.15) is 24.0 Å². The van der Waals surface area contributed by atoms with Crippen molar-refractivity contribution in [3.63, 3.8) is 0 Å². The van der Waals surface area contributed by atoms with Crippen molar-refractivity contribution in [2.75, 3.05) is 13.2 Å². The van der Waals surface area contributed by atoms with Crippen LogP contribution in [-0.4, -0.2) is 57.9 Å². The van der Waals surface area contributed by atoms with Crippen LogP contribution in [0.15, 0.2) is 77.3 Å². The smallest absolute Gasteiger partial charge is 0.407 e. The number of aliphatic hydroxyl groups is 1. The maximum atomic E-state index is 12.9. The second-order valence-corrected chi connectivity index (χ2v) is 10.3. The van der Waals surface area contributed by atoms with Gasteiger partial charge in [0.15, 0.2) is 0 Å². The number of fused-ring (bicyclic) bond motifs is 4. The van der Waals surface area contributed by atoms with E-state index in [4.69, 9.17) is 4.74 Å². The molecule has 11 nitrogen and oxygen atoms in total. The molecule has 220 valence electrons. The predicted molar refractivity (Wildman–Crippen MR) is 158 cm³/mol. The number of aliphatic carboxylic acids is 1. The number of amides is 1. The summed E-state index contributed by atoms with van der Waals surface area (Å²) in [5.41, 5.74) is 3.93. The molecule has 0 aromatic heterocycles. The number of nitro groups is 1. The van der Waals surface area contributed by atoms with Crippen molar-refractivity contribution in [2.45, 2.75) is 38.1 Å². The van der Waals surface area contributed by atoms with Crippen LogP contribution >= 0.6 is 0 Å². The van der Waals surface area contributed by atoms with Gasteiger partial charge in [0.2, 0.25) is 5.78 Å². The Balaban J connectivity index is 1.13. The van der Waals surface area contributed by atoms with Crippen LogP contribution in [0.25, 0.3) is 16.9 Å². The number of unbranched alkanes of at least 4 members (excludes halogenated alkanes) is 1. The van der Waals surface area contributed by atoms with Crippen LogP contribution in [0.3, 0.4) is 0 Å². The van der Waals surface area contributed by atoms with Gasteiger partial charge in [-0.05, 0) is 54.5 Å².